The Hall–Kier alpha value is -3.17. The van der Waals surface area contributed by atoms with Gasteiger partial charge in [0.15, 0.2) is 16.1 Å². The molecule has 31 heavy (non-hydrogen) atoms. The van der Waals surface area contributed by atoms with Crippen LogP contribution >= 0.6 is 23.1 Å². The molecule has 0 aliphatic heterocycles. The summed E-state index contributed by atoms with van der Waals surface area (Å²) in [6.45, 7) is 2.34. The first-order valence-corrected chi connectivity index (χ1v) is 11.5. The molecule has 0 fully saturated rings. The number of thioether (sulfide) groups is 1. The van der Waals surface area contributed by atoms with E-state index in [-0.39, 0.29) is 11.7 Å². The van der Waals surface area contributed by atoms with Crippen molar-refractivity contribution in [3.63, 3.8) is 0 Å². The Morgan fingerprint density at radius 3 is 2.68 bits per heavy atom. The van der Waals surface area contributed by atoms with Gasteiger partial charge in [-0.25, -0.2) is 4.98 Å². The predicted octanol–water partition coefficient (Wildman–Crippen LogP) is 4.56. The zero-order valence-corrected chi connectivity index (χ0v) is 18.7. The molecular formula is C22H21N5O2S2. The summed E-state index contributed by atoms with van der Waals surface area (Å²) in [5, 5.41) is 14.3. The van der Waals surface area contributed by atoms with Gasteiger partial charge in [-0.2, -0.15) is 0 Å². The quantitative estimate of drug-likeness (QED) is 0.396. The fourth-order valence-electron chi connectivity index (χ4n) is 2.74. The largest absolute Gasteiger partial charge is 0.486 e. The van der Waals surface area contributed by atoms with Crippen molar-refractivity contribution in [1.29, 1.82) is 0 Å². The molecule has 7 nitrogen and oxygen atoms in total. The van der Waals surface area contributed by atoms with Crippen LogP contribution in [0.25, 0.3) is 11.3 Å². The van der Waals surface area contributed by atoms with Gasteiger partial charge in [0, 0.05) is 18.0 Å². The van der Waals surface area contributed by atoms with Crippen LogP contribution in [-0.4, -0.2) is 31.4 Å². The van der Waals surface area contributed by atoms with Crippen LogP contribution < -0.4 is 10.1 Å². The Morgan fingerprint density at radius 2 is 1.90 bits per heavy atom. The van der Waals surface area contributed by atoms with Crippen LogP contribution in [0, 0.1) is 6.92 Å². The number of hydrogen-bond acceptors (Lipinski definition) is 7. The molecule has 9 heteroatoms. The molecule has 4 aromatic rings. The maximum atomic E-state index is 12.3. The summed E-state index contributed by atoms with van der Waals surface area (Å²) >= 11 is 2.73. The van der Waals surface area contributed by atoms with Gasteiger partial charge in [-0.15, -0.1) is 21.5 Å². The van der Waals surface area contributed by atoms with E-state index in [0.717, 1.165) is 17.0 Å². The summed E-state index contributed by atoms with van der Waals surface area (Å²) in [6, 6.07) is 17.7. The fourth-order valence-corrected chi connectivity index (χ4v) is 4.20. The summed E-state index contributed by atoms with van der Waals surface area (Å²) in [5.41, 5.74) is 3.05. The molecule has 0 atom stereocenters. The lowest BCUT2D eigenvalue weighted by molar-refractivity contribution is -0.113. The van der Waals surface area contributed by atoms with Crippen molar-refractivity contribution >= 4 is 34.1 Å². The average Bonchev–Trinajstić information content (AvgIpc) is 3.39. The van der Waals surface area contributed by atoms with E-state index in [1.54, 1.807) is 0 Å². The van der Waals surface area contributed by atoms with E-state index in [2.05, 4.69) is 20.5 Å². The number of hydrogen-bond donors (Lipinski definition) is 1. The van der Waals surface area contributed by atoms with Crippen LogP contribution in [0.5, 0.6) is 5.75 Å². The minimum Gasteiger partial charge on any atom is -0.486 e. The Kier molecular flexibility index (Phi) is 6.63. The highest BCUT2D eigenvalue weighted by molar-refractivity contribution is 7.99. The van der Waals surface area contributed by atoms with E-state index in [1.807, 2.05) is 78.5 Å². The van der Waals surface area contributed by atoms with Crippen LogP contribution in [0.2, 0.25) is 0 Å². The number of thiazole rings is 1. The minimum atomic E-state index is -0.139. The lowest BCUT2D eigenvalue weighted by Crippen LogP contribution is -2.14. The first-order chi connectivity index (χ1) is 15.1. The SMILES string of the molecule is Cc1ccc(OCc2nnc(SCC(=O)Nc3nc(-c4ccccc4)cs3)n2C)cc1. The lowest BCUT2D eigenvalue weighted by Gasteiger charge is -2.07. The van der Waals surface area contributed by atoms with Crippen molar-refractivity contribution in [2.75, 3.05) is 11.1 Å². The molecule has 0 saturated carbocycles. The first kappa shape index (κ1) is 21.1. The first-order valence-electron chi connectivity index (χ1n) is 9.60. The maximum Gasteiger partial charge on any atom is 0.236 e. The second kappa shape index (κ2) is 9.76. The van der Waals surface area contributed by atoms with Crippen molar-refractivity contribution in [3.05, 3.63) is 71.4 Å². The molecule has 2 aromatic carbocycles. The molecular weight excluding hydrogens is 430 g/mol. The van der Waals surface area contributed by atoms with Crippen molar-refractivity contribution in [1.82, 2.24) is 19.7 Å². The molecule has 0 unspecified atom stereocenters. The molecule has 0 saturated heterocycles. The molecule has 0 radical (unpaired) electrons. The van der Waals surface area contributed by atoms with E-state index in [1.165, 1.54) is 28.7 Å². The number of ether oxygens (including phenoxy) is 1. The van der Waals surface area contributed by atoms with E-state index in [4.69, 9.17) is 4.74 Å². The second-order valence-corrected chi connectivity index (χ2v) is 8.60. The normalized spacial score (nSPS) is 10.8. The number of carbonyl (C=O) groups is 1. The van der Waals surface area contributed by atoms with Gasteiger partial charge in [0.25, 0.3) is 0 Å². The molecule has 0 spiro atoms. The number of aromatic nitrogens is 4. The number of nitrogens with zero attached hydrogens (tertiary/aromatic N) is 4. The summed E-state index contributed by atoms with van der Waals surface area (Å²) in [5.74, 6) is 1.54. The zero-order valence-electron chi connectivity index (χ0n) is 17.1. The molecule has 2 aromatic heterocycles. The third-order valence-corrected chi connectivity index (χ3v) is 6.24. The predicted molar refractivity (Wildman–Crippen MR) is 123 cm³/mol. The van der Waals surface area contributed by atoms with Crippen LogP contribution in [0.3, 0.4) is 0 Å². The molecule has 0 bridgehead atoms. The van der Waals surface area contributed by atoms with E-state index >= 15 is 0 Å². The zero-order chi connectivity index (χ0) is 21.6. The third-order valence-electron chi connectivity index (χ3n) is 4.47. The Morgan fingerprint density at radius 1 is 1.13 bits per heavy atom. The summed E-state index contributed by atoms with van der Waals surface area (Å²) in [7, 11) is 1.86. The van der Waals surface area contributed by atoms with Crippen molar-refractivity contribution < 1.29 is 9.53 Å². The monoisotopic (exact) mass is 451 g/mol. The number of anilines is 1. The fraction of sp³-hybridized carbons (Fsp3) is 0.182. The molecule has 158 valence electrons. The highest BCUT2D eigenvalue weighted by Gasteiger charge is 2.13. The number of aryl methyl sites for hydroxylation is 1. The number of carbonyl (C=O) groups excluding carboxylic acids is 1. The van der Waals surface area contributed by atoms with Gasteiger partial charge in [0.2, 0.25) is 5.91 Å². The van der Waals surface area contributed by atoms with Crippen molar-refractivity contribution in [2.24, 2.45) is 7.05 Å². The number of benzene rings is 2. The van der Waals surface area contributed by atoms with Gasteiger partial charge < -0.3 is 14.6 Å². The highest BCUT2D eigenvalue weighted by atomic mass is 32.2. The van der Waals surface area contributed by atoms with Crippen molar-refractivity contribution in [2.45, 2.75) is 18.7 Å². The van der Waals surface area contributed by atoms with Gasteiger partial charge in [0.05, 0.1) is 11.4 Å². The summed E-state index contributed by atoms with van der Waals surface area (Å²) < 4.78 is 7.60. The third kappa shape index (κ3) is 5.50. The van der Waals surface area contributed by atoms with Gasteiger partial charge in [-0.3, -0.25) is 4.79 Å². The molecule has 0 aliphatic rings. The van der Waals surface area contributed by atoms with Crippen LogP contribution in [0.15, 0.2) is 65.1 Å². The highest BCUT2D eigenvalue weighted by Crippen LogP contribution is 2.25. The number of nitrogens with one attached hydrogen (secondary N) is 1. The van der Waals surface area contributed by atoms with Gasteiger partial charge >= 0.3 is 0 Å². The minimum absolute atomic E-state index is 0.139. The van der Waals surface area contributed by atoms with Crippen LogP contribution in [0.1, 0.15) is 11.4 Å². The van der Waals surface area contributed by atoms with Gasteiger partial charge in [-0.1, -0.05) is 59.8 Å². The standard InChI is InChI=1S/C22H21N5O2S2/c1-15-8-10-17(11-9-15)29-12-19-25-26-22(27(19)2)31-14-20(28)24-21-23-18(13-30-21)16-6-4-3-5-7-16/h3-11,13H,12,14H2,1-2H3,(H,23,24,28). The lowest BCUT2D eigenvalue weighted by atomic mass is 10.2. The molecule has 2 heterocycles. The van der Waals surface area contributed by atoms with Gasteiger partial charge in [-0.05, 0) is 19.1 Å². The second-order valence-electron chi connectivity index (χ2n) is 6.80. The summed E-state index contributed by atoms with van der Waals surface area (Å²) in [6.07, 6.45) is 0. The molecule has 4 rings (SSSR count). The average molecular weight is 452 g/mol. The molecule has 0 aliphatic carbocycles. The smallest absolute Gasteiger partial charge is 0.236 e. The van der Waals surface area contributed by atoms with E-state index in [9.17, 15) is 4.79 Å². The van der Waals surface area contributed by atoms with E-state index < -0.39 is 0 Å². The molecule has 1 amide bonds. The molecule has 1 N–H and O–H groups in total. The van der Waals surface area contributed by atoms with Gasteiger partial charge in [0.1, 0.15) is 12.4 Å². The Bertz CT molecular complexity index is 1160. The summed E-state index contributed by atoms with van der Waals surface area (Å²) in [4.78, 5) is 16.8. The Labute approximate surface area is 188 Å². The van der Waals surface area contributed by atoms with Crippen LogP contribution in [-0.2, 0) is 18.4 Å². The number of amides is 1. The van der Waals surface area contributed by atoms with Crippen molar-refractivity contribution in [3.8, 4) is 17.0 Å². The van der Waals surface area contributed by atoms with E-state index in [0.29, 0.717) is 22.7 Å². The maximum absolute atomic E-state index is 12.3. The topological polar surface area (TPSA) is 81.9 Å². The Balaban J connectivity index is 1.29. The van der Waals surface area contributed by atoms with Crippen LogP contribution in [0.4, 0.5) is 5.13 Å². The number of rotatable bonds is 8.